The maximum Gasteiger partial charge on any atom is 0.331 e. The van der Waals surface area contributed by atoms with Crippen LogP contribution in [0.5, 0.6) is 0 Å². The van der Waals surface area contributed by atoms with E-state index in [1.807, 2.05) is 19.9 Å². The Labute approximate surface area is 381 Å². The van der Waals surface area contributed by atoms with Crippen molar-refractivity contribution < 1.29 is 47.5 Å². The highest BCUT2D eigenvalue weighted by atomic mass is 28.4. The molecule has 348 valence electrons. The third kappa shape index (κ3) is 8.00. The highest BCUT2D eigenvalue weighted by Crippen LogP contribution is 2.70. The van der Waals surface area contributed by atoms with Gasteiger partial charge < -0.3 is 38.0 Å². The summed E-state index contributed by atoms with van der Waals surface area (Å²) in [6.07, 6.45) is 11.4. The fraction of sp³-hybridized carbons (Fsp3) is 0.660. The van der Waals surface area contributed by atoms with Crippen LogP contribution in [0.1, 0.15) is 120 Å². The van der Waals surface area contributed by atoms with Crippen molar-refractivity contribution in [3.8, 4) is 0 Å². The molecule has 0 amide bonds. The topological polar surface area (TPSA) is 119 Å². The molecule has 5 fully saturated rings. The second kappa shape index (κ2) is 17.5. The number of aliphatic hydroxyl groups is 1. The Morgan fingerprint density at radius 2 is 1.52 bits per heavy atom. The molecule has 4 aliphatic carbocycles. The van der Waals surface area contributed by atoms with Gasteiger partial charge in [-0.3, -0.25) is 4.79 Å². The van der Waals surface area contributed by atoms with Crippen molar-refractivity contribution in [2.24, 2.45) is 34.5 Å². The number of benzene rings is 2. The lowest BCUT2D eigenvalue weighted by atomic mass is 9.43. The van der Waals surface area contributed by atoms with Crippen LogP contribution in [-0.2, 0) is 42.4 Å². The summed E-state index contributed by atoms with van der Waals surface area (Å²) in [5, 5.41) is 14.9. The molecule has 0 radical (unpaired) electrons. The summed E-state index contributed by atoms with van der Waals surface area (Å²) in [4.78, 5) is 24.6. The van der Waals surface area contributed by atoms with E-state index in [9.17, 15) is 14.7 Å². The van der Waals surface area contributed by atoms with Gasteiger partial charge in [-0.05, 0) is 128 Å². The van der Waals surface area contributed by atoms with Gasteiger partial charge in [0, 0.05) is 24.8 Å². The standard InChI is InChI=1S/C53H72O10Si/c1-33-44(63-64(50(4,5)6,39-15-11-9-12-16-39)40-17-13-10-14-18-40)21-22-47(58-33)62-49-34(2)59-48(31-45(49)60-35(3)54)61-38-23-26-51(7)37(30-38)19-20-43-42(51)24-27-52(8)41(25-28-53(43,52)56)36-29-46(55)57-32-36/h9-18,21-22,29,33-34,37-38,41-45,47-49,56H,19-20,23-28,30-32H2,1-8H3/t33-,34-,37-,38+,41-,42+,43-,44+,45+,47+,48+,49-,51+,52-,53+/m1/s1. The fourth-order valence-corrected chi connectivity index (χ4v) is 19.0. The molecule has 10 nitrogen and oxygen atoms in total. The normalized spacial score (nSPS) is 41.0. The quantitative estimate of drug-likeness (QED) is 0.108. The van der Waals surface area contributed by atoms with Crippen molar-refractivity contribution >= 4 is 30.6 Å². The Kier molecular flexibility index (Phi) is 12.6. The van der Waals surface area contributed by atoms with E-state index in [4.69, 9.17) is 32.8 Å². The van der Waals surface area contributed by atoms with Crippen molar-refractivity contribution in [1.82, 2.24) is 0 Å². The number of rotatable bonds is 10. The van der Waals surface area contributed by atoms with Crippen LogP contribution in [-0.4, -0.2) is 86.8 Å². The maximum atomic E-state index is 12.7. The Morgan fingerprint density at radius 1 is 0.812 bits per heavy atom. The highest BCUT2D eigenvalue weighted by Gasteiger charge is 2.68. The molecule has 2 aromatic carbocycles. The summed E-state index contributed by atoms with van der Waals surface area (Å²) in [7, 11) is -2.84. The van der Waals surface area contributed by atoms with Crippen LogP contribution in [0.25, 0.3) is 0 Å². The van der Waals surface area contributed by atoms with Crippen LogP contribution in [0.15, 0.2) is 84.5 Å². The number of esters is 2. The predicted octanol–water partition coefficient (Wildman–Crippen LogP) is 8.33. The Hall–Kier alpha value is -3.16. The van der Waals surface area contributed by atoms with Crippen LogP contribution >= 0.6 is 0 Å². The van der Waals surface area contributed by atoms with Gasteiger partial charge in [-0.2, -0.15) is 0 Å². The van der Waals surface area contributed by atoms with E-state index in [2.05, 4.69) is 101 Å². The van der Waals surface area contributed by atoms with E-state index < -0.39 is 44.8 Å². The number of hydrogen-bond acceptors (Lipinski definition) is 10. The minimum absolute atomic E-state index is 0.0276. The minimum atomic E-state index is -2.84. The first-order valence-electron chi connectivity index (χ1n) is 24.3. The van der Waals surface area contributed by atoms with E-state index in [1.54, 1.807) is 6.08 Å². The SMILES string of the molecule is CC(=O)O[C@H]1C[C@H](O[C@H]2CC[C@@]3(C)[C@H](CC[C@@H]4[C@@H]3CC[C@]3(C)[C@@H](C5=CC(=O)OC5)CC[C@]43O)C2)O[C@H](C)[C@H]1O[C@H]1C=C[C@H](O[Si](c2ccccc2)(c2ccccc2)C(C)(C)C)[C@@H](C)O1. The second-order valence-electron chi connectivity index (χ2n) is 21.9. The van der Waals surface area contributed by atoms with Gasteiger partial charge in [-0.1, -0.05) is 101 Å². The Bertz CT molecular complexity index is 2030. The van der Waals surface area contributed by atoms with Crippen molar-refractivity contribution in [3.63, 3.8) is 0 Å². The van der Waals surface area contributed by atoms with Crippen LogP contribution in [0.4, 0.5) is 0 Å². The number of hydrogen-bond donors (Lipinski definition) is 1. The van der Waals surface area contributed by atoms with Crippen LogP contribution in [0.3, 0.4) is 0 Å². The zero-order chi connectivity index (χ0) is 45.2. The number of carbonyl (C=O) groups is 2. The van der Waals surface area contributed by atoms with Gasteiger partial charge in [-0.15, -0.1) is 0 Å². The molecule has 4 saturated carbocycles. The van der Waals surface area contributed by atoms with Gasteiger partial charge in [0.2, 0.25) is 0 Å². The number of fused-ring (bicyclic) bond motifs is 5. The molecule has 9 rings (SSSR count). The van der Waals surface area contributed by atoms with Gasteiger partial charge in [0.05, 0.1) is 30.0 Å². The first-order valence-corrected chi connectivity index (χ1v) is 26.2. The van der Waals surface area contributed by atoms with E-state index >= 15 is 0 Å². The van der Waals surface area contributed by atoms with E-state index in [0.29, 0.717) is 24.9 Å². The van der Waals surface area contributed by atoms with Gasteiger partial charge >= 0.3 is 11.9 Å². The average Bonchev–Trinajstić information content (AvgIpc) is 3.80. The van der Waals surface area contributed by atoms with E-state index in [-0.39, 0.29) is 58.0 Å². The largest absolute Gasteiger partial charge is 0.459 e. The molecule has 11 heteroatoms. The van der Waals surface area contributed by atoms with Gasteiger partial charge in [0.1, 0.15) is 18.8 Å². The van der Waals surface area contributed by atoms with Crippen LogP contribution in [0.2, 0.25) is 5.04 Å². The molecular formula is C53H72O10Si. The molecule has 0 spiro atoms. The molecule has 0 bridgehead atoms. The lowest BCUT2D eigenvalue weighted by Crippen LogP contribution is -2.68. The molecule has 3 heterocycles. The maximum absolute atomic E-state index is 12.7. The molecular weight excluding hydrogens is 825 g/mol. The monoisotopic (exact) mass is 896 g/mol. The lowest BCUT2D eigenvalue weighted by molar-refractivity contribution is -0.299. The zero-order valence-electron chi connectivity index (χ0n) is 39.3. The molecule has 15 atom stereocenters. The summed E-state index contributed by atoms with van der Waals surface area (Å²) >= 11 is 0. The van der Waals surface area contributed by atoms with Crippen LogP contribution < -0.4 is 10.4 Å². The van der Waals surface area contributed by atoms with Crippen molar-refractivity contribution in [3.05, 3.63) is 84.5 Å². The van der Waals surface area contributed by atoms with Crippen molar-refractivity contribution in [1.29, 1.82) is 0 Å². The summed E-state index contributed by atoms with van der Waals surface area (Å²) in [5.74, 6) is 0.777. The van der Waals surface area contributed by atoms with Crippen molar-refractivity contribution in [2.75, 3.05) is 6.61 Å². The first kappa shape index (κ1) is 46.0. The van der Waals surface area contributed by atoms with Crippen molar-refractivity contribution in [2.45, 2.75) is 179 Å². The molecule has 1 N–H and O–H groups in total. The molecule has 2 aromatic rings. The first-order chi connectivity index (χ1) is 30.4. The molecule has 0 aromatic heterocycles. The molecule has 7 aliphatic rings. The van der Waals surface area contributed by atoms with Crippen LogP contribution in [0, 0.1) is 34.5 Å². The summed E-state index contributed by atoms with van der Waals surface area (Å²) in [6.45, 7) is 17.4. The summed E-state index contributed by atoms with van der Waals surface area (Å²) < 4.78 is 45.3. The zero-order valence-corrected chi connectivity index (χ0v) is 40.3. The Morgan fingerprint density at radius 3 is 2.14 bits per heavy atom. The van der Waals surface area contributed by atoms with E-state index in [1.165, 1.54) is 17.3 Å². The molecule has 64 heavy (non-hydrogen) atoms. The average molecular weight is 897 g/mol. The minimum Gasteiger partial charge on any atom is -0.459 e. The van der Waals surface area contributed by atoms with Gasteiger partial charge in [-0.25, -0.2) is 4.79 Å². The molecule has 0 unspecified atom stereocenters. The number of ether oxygens (including phenoxy) is 6. The molecule has 1 saturated heterocycles. The second-order valence-corrected chi connectivity index (χ2v) is 26.2. The van der Waals surface area contributed by atoms with Gasteiger partial charge in [0.25, 0.3) is 8.32 Å². The summed E-state index contributed by atoms with van der Waals surface area (Å²) in [5.41, 5.74) is 0.221. The predicted molar refractivity (Wildman–Crippen MR) is 246 cm³/mol. The third-order valence-electron chi connectivity index (χ3n) is 17.5. The van der Waals surface area contributed by atoms with Gasteiger partial charge in [0.15, 0.2) is 12.6 Å². The number of carbonyl (C=O) groups excluding carboxylic acids is 2. The van der Waals surface area contributed by atoms with E-state index in [0.717, 1.165) is 63.4 Å². The fourth-order valence-electron chi connectivity index (χ4n) is 14.3. The number of cyclic esters (lactones) is 1. The summed E-state index contributed by atoms with van der Waals surface area (Å²) in [6, 6.07) is 21.2. The Balaban J connectivity index is 0.841. The highest BCUT2D eigenvalue weighted by molar-refractivity contribution is 6.99. The lowest BCUT2D eigenvalue weighted by Gasteiger charge is -2.64. The smallest absolute Gasteiger partial charge is 0.331 e. The third-order valence-corrected chi connectivity index (χ3v) is 22.5. The molecule has 3 aliphatic heterocycles.